The largest absolute Gasteiger partial charge is 0.170 e. The second-order valence-corrected chi connectivity index (χ2v) is 5.68. The van der Waals surface area contributed by atoms with Crippen LogP contribution in [-0.4, -0.2) is 0 Å². The predicted molar refractivity (Wildman–Crippen MR) is 75.4 cm³/mol. The van der Waals surface area contributed by atoms with Gasteiger partial charge in [-0.25, -0.2) is 0 Å². The Hall–Kier alpha value is -0.400. The Morgan fingerprint density at radius 3 is 1.35 bits per heavy atom. The van der Waals surface area contributed by atoms with Crippen molar-refractivity contribution in [3.63, 3.8) is 0 Å². The lowest BCUT2D eigenvalue weighted by Crippen LogP contribution is -2.13. The summed E-state index contributed by atoms with van der Waals surface area (Å²) < 4.78 is -1.25. The first-order chi connectivity index (χ1) is 8.03. The summed E-state index contributed by atoms with van der Waals surface area (Å²) in [4.78, 5) is 0. The minimum Gasteiger partial charge on any atom is -0.0908 e. The molecule has 0 heterocycles. The van der Waals surface area contributed by atoms with Crippen molar-refractivity contribution in [2.45, 2.75) is 4.33 Å². The van der Waals surface area contributed by atoms with Gasteiger partial charge in [0.05, 0.1) is 0 Å². The van der Waals surface area contributed by atoms with Crippen molar-refractivity contribution >= 4 is 46.4 Å². The molecule has 0 fully saturated rings. The molecule has 0 radical (unpaired) electrons. The number of hydrogen-bond acceptors (Lipinski definition) is 0. The summed E-state index contributed by atoms with van der Waals surface area (Å²) in [5.41, 5.74) is 1.25. The predicted octanol–water partition coefficient (Wildman–Crippen LogP) is 5.67. The molecule has 0 saturated heterocycles. The topological polar surface area (TPSA) is 0 Å². The molecule has 0 aliphatic carbocycles. The highest BCUT2D eigenvalue weighted by atomic mass is 35.5. The SMILES string of the molecule is Clc1ccccc1C(Cl)(Cl)c1ccccc1Cl. The van der Waals surface area contributed by atoms with Gasteiger partial charge in [0.25, 0.3) is 0 Å². The van der Waals surface area contributed by atoms with Crippen LogP contribution >= 0.6 is 46.4 Å². The standard InChI is InChI=1S/C13H8Cl4/c14-11-7-3-1-5-9(11)13(16,17)10-6-2-4-8-12(10)15/h1-8H. The van der Waals surface area contributed by atoms with Crippen molar-refractivity contribution in [1.29, 1.82) is 0 Å². The molecule has 4 heteroatoms. The molecule has 17 heavy (non-hydrogen) atoms. The highest BCUT2D eigenvalue weighted by molar-refractivity contribution is 6.52. The molecule has 0 nitrogen and oxygen atoms in total. The molecule has 0 N–H and O–H groups in total. The second-order valence-electron chi connectivity index (χ2n) is 3.53. The van der Waals surface area contributed by atoms with E-state index >= 15 is 0 Å². The summed E-state index contributed by atoms with van der Waals surface area (Å²) >= 11 is 25.0. The molecular weight excluding hydrogens is 298 g/mol. The number of benzene rings is 2. The van der Waals surface area contributed by atoms with E-state index in [1.54, 1.807) is 24.3 Å². The molecule has 0 amide bonds. The second kappa shape index (κ2) is 5.07. The van der Waals surface area contributed by atoms with Crippen molar-refractivity contribution in [2.24, 2.45) is 0 Å². The average molecular weight is 306 g/mol. The summed E-state index contributed by atoms with van der Waals surface area (Å²) in [6.07, 6.45) is 0. The molecule has 0 spiro atoms. The molecule has 0 unspecified atom stereocenters. The Morgan fingerprint density at radius 2 is 1.00 bits per heavy atom. The van der Waals surface area contributed by atoms with Gasteiger partial charge in [0, 0.05) is 21.2 Å². The van der Waals surface area contributed by atoms with E-state index in [0.717, 1.165) is 0 Å². The van der Waals surface area contributed by atoms with Crippen LogP contribution in [0.4, 0.5) is 0 Å². The molecule has 2 aromatic rings. The average Bonchev–Trinajstić information content (AvgIpc) is 2.29. The first kappa shape index (κ1) is 13.0. The molecule has 0 aliphatic rings. The van der Waals surface area contributed by atoms with Crippen molar-refractivity contribution in [2.75, 3.05) is 0 Å². The number of hydrogen-bond donors (Lipinski definition) is 0. The Morgan fingerprint density at radius 1 is 0.647 bits per heavy atom. The van der Waals surface area contributed by atoms with Crippen LogP contribution in [0.3, 0.4) is 0 Å². The van der Waals surface area contributed by atoms with Crippen LogP contribution in [0.25, 0.3) is 0 Å². The fourth-order valence-electron chi connectivity index (χ4n) is 1.58. The van der Waals surface area contributed by atoms with Gasteiger partial charge in [-0.1, -0.05) is 82.8 Å². The maximum Gasteiger partial charge on any atom is 0.170 e. The Bertz CT molecular complexity index is 487. The summed E-state index contributed by atoms with van der Waals surface area (Å²) in [5, 5.41) is 1.02. The summed E-state index contributed by atoms with van der Waals surface area (Å²) in [5.74, 6) is 0. The van der Waals surface area contributed by atoms with Gasteiger partial charge in [-0.3, -0.25) is 0 Å². The molecule has 0 aromatic heterocycles. The minimum absolute atomic E-state index is 0.511. The number of rotatable bonds is 2. The maximum absolute atomic E-state index is 6.39. The summed E-state index contributed by atoms with van der Waals surface area (Å²) in [6, 6.07) is 14.4. The van der Waals surface area contributed by atoms with Gasteiger partial charge >= 0.3 is 0 Å². The molecule has 0 aliphatic heterocycles. The van der Waals surface area contributed by atoms with E-state index in [-0.39, 0.29) is 0 Å². The van der Waals surface area contributed by atoms with E-state index in [0.29, 0.717) is 21.2 Å². The van der Waals surface area contributed by atoms with E-state index in [2.05, 4.69) is 0 Å². The van der Waals surface area contributed by atoms with Crippen molar-refractivity contribution < 1.29 is 0 Å². The van der Waals surface area contributed by atoms with Crippen LogP contribution in [0.5, 0.6) is 0 Å². The molecular formula is C13H8Cl4. The van der Waals surface area contributed by atoms with E-state index in [9.17, 15) is 0 Å². The zero-order valence-corrected chi connectivity index (χ0v) is 11.7. The Balaban J connectivity index is 2.58. The third-order valence-corrected chi connectivity index (χ3v) is 3.90. The lowest BCUT2D eigenvalue weighted by molar-refractivity contribution is 1.04. The van der Waals surface area contributed by atoms with E-state index < -0.39 is 4.33 Å². The summed E-state index contributed by atoms with van der Waals surface area (Å²) in [7, 11) is 0. The van der Waals surface area contributed by atoms with E-state index in [4.69, 9.17) is 46.4 Å². The summed E-state index contributed by atoms with van der Waals surface area (Å²) in [6.45, 7) is 0. The van der Waals surface area contributed by atoms with Crippen molar-refractivity contribution in [3.8, 4) is 0 Å². The zero-order valence-electron chi connectivity index (χ0n) is 8.63. The molecule has 0 saturated carbocycles. The molecule has 0 atom stereocenters. The monoisotopic (exact) mass is 304 g/mol. The van der Waals surface area contributed by atoms with Crippen LogP contribution in [0, 0.1) is 0 Å². The van der Waals surface area contributed by atoms with Gasteiger partial charge in [0.2, 0.25) is 0 Å². The van der Waals surface area contributed by atoms with Gasteiger partial charge in [-0.15, -0.1) is 0 Å². The van der Waals surface area contributed by atoms with Crippen LogP contribution in [0.2, 0.25) is 10.0 Å². The normalized spacial score (nSPS) is 11.5. The number of halogens is 4. The highest BCUT2D eigenvalue weighted by Gasteiger charge is 2.32. The third-order valence-electron chi connectivity index (χ3n) is 2.42. The van der Waals surface area contributed by atoms with Crippen LogP contribution in [0.15, 0.2) is 48.5 Å². The zero-order chi connectivity index (χ0) is 12.5. The molecule has 0 bridgehead atoms. The fraction of sp³-hybridized carbons (Fsp3) is 0.0769. The van der Waals surface area contributed by atoms with Crippen molar-refractivity contribution in [1.82, 2.24) is 0 Å². The van der Waals surface area contributed by atoms with Crippen molar-refractivity contribution in [3.05, 3.63) is 69.7 Å². The Labute approximate surface area is 120 Å². The lowest BCUT2D eigenvalue weighted by atomic mass is 10.0. The molecule has 2 rings (SSSR count). The smallest absolute Gasteiger partial charge is 0.0908 e. The highest BCUT2D eigenvalue weighted by Crippen LogP contribution is 2.46. The molecule has 88 valence electrons. The van der Waals surface area contributed by atoms with Gasteiger partial charge in [-0.2, -0.15) is 0 Å². The fourth-order valence-corrected chi connectivity index (χ4v) is 2.98. The van der Waals surface area contributed by atoms with E-state index in [1.165, 1.54) is 0 Å². The first-order valence-corrected chi connectivity index (χ1v) is 6.42. The van der Waals surface area contributed by atoms with Gasteiger partial charge in [-0.05, 0) is 12.1 Å². The van der Waals surface area contributed by atoms with Crippen LogP contribution in [0.1, 0.15) is 11.1 Å². The third kappa shape index (κ3) is 2.56. The van der Waals surface area contributed by atoms with Gasteiger partial charge in [0.1, 0.15) is 0 Å². The van der Waals surface area contributed by atoms with Gasteiger partial charge in [0.15, 0.2) is 4.33 Å². The first-order valence-electron chi connectivity index (χ1n) is 4.91. The maximum atomic E-state index is 6.39. The minimum atomic E-state index is -1.25. The molecule has 2 aromatic carbocycles. The van der Waals surface area contributed by atoms with Gasteiger partial charge < -0.3 is 0 Å². The quantitative estimate of drug-likeness (QED) is 0.627. The van der Waals surface area contributed by atoms with Crippen LogP contribution in [-0.2, 0) is 4.33 Å². The number of alkyl halides is 2. The van der Waals surface area contributed by atoms with Crippen LogP contribution < -0.4 is 0 Å². The Kier molecular flexibility index (Phi) is 3.89. The lowest BCUT2D eigenvalue weighted by Gasteiger charge is -2.22. The van der Waals surface area contributed by atoms with E-state index in [1.807, 2.05) is 24.3 Å².